The molecule has 0 aliphatic heterocycles. The summed E-state index contributed by atoms with van der Waals surface area (Å²) in [4.78, 5) is 17.3. The zero-order valence-corrected chi connectivity index (χ0v) is 16.3. The Balaban J connectivity index is 1.42. The number of benzene rings is 2. The van der Waals surface area contributed by atoms with Gasteiger partial charge in [-0.2, -0.15) is 5.10 Å². The Morgan fingerprint density at radius 1 is 1.17 bits per heavy atom. The molecule has 0 saturated carbocycles. The minimum atomic E-state index is -0.577. The summed E-state index contributed by atoms with van der Waals surface area (Å²) in [7, 11) is 1.61. The van der Waals surface area contributed by atoms with E-state index in [9.17, 15) is 4.79 Å². The molecule has 1 unspecified atom stereocenters. The largest absolute Gasteiger partial charge is 0.497 e. The third kappa shape index (κ3) is 4.49. The van der Waals surface area contributed by atoms with Crippen molar-refractivity contribution >= 4 is 5.91 Å². The lowest BCUT2D eigenvalue weighted by Gasteiger charge is -2.15. The number of H-pyrrole nitrogens is 1. The Morgan fingerprint density at radius 3 is 2.67 bits per heavy atom. The minimum Gasteiger partial charge on any atom is -0.497 e. The summed E-state index contributed by atoms with van der Waals surface area (Å²) in [5.41, 5.74) is 1.86. The maximum absolute atomic E-state index is 12.9. The highest BCUT2D eigenvalue weighted by Gasteiger charge is 2.22. The summed E-state index contributed by atoms with van der Waals surface area (Å²) in [6.07, 6.45) is 1.90. The lowest BCUT2D eigenvalue weighted by atomic mass is 10.1. The number of ether oxygens (including phenoxy) is 1. The van der Waals surface area contributed by atoms with Gasteiger partial charge >= 0.3 is 0 Å². The number of hydrogen-bond donors (Lipinski definition) is 2. The van der Waals surface area contributed by atoms with Crippen molar-refractivity contribution in [3.05, 3.63) is 72.3 Å². The van der Waals surface area contributed by atoms with Crippen molar-refractivity contribution in [3.63, 3.8) is 0 Å². The Labute approximate surface area is 172 Å². The van der Waals surface area contributed by atoms with E-state index in [1.165, 1.54) is 11.0 Å². The molecular weight excluding hydrogens is 384 g/mol. The fraction of sp³-hybridized carbons (Fsp3) is 0.200. The molecule has 2 aromatic carbocycles. The molecule has 4 aromatic rings. The van der Waals surface area contributed by atoms with Crippen molar-refractivity contribution in [2.45, 2.75) is 19.0 Å². The molecule has 30 heavy (non-hydrogen) atoms. The Hall–Kier alpha value is -4.08. The van der Waals surface area contributed by atoms with Gasteiger partial charge in [0.1, 0.15) is 23.9 Å². The number of aromatic nitrogens is 7. The quantitative estimate of drug-likeness (QED) is 0.457. The van der Waals surface area contributed by atoms with E-state index in [4.69, 9.17) is 4.74 Å². The maximum atomic E-state index is 12.9. The van der Waals surface area contributed by atoms with E-state index < -0.39 is 6.04 Å². The zero-order chi connectivity index (χ0) is 20.8. The topological polar surface area (TPSA) is 124 Å². The van der Waals surface area contributed by atoms with Gasteiger partial charge in [-0.05, 0) is 40.3 Å². The lowest BCUT2D eigenvalue weighted by Crippen LogP contribution is -2.34. The average molecular weight is 404 g/mol. The minimum absolute atomic E-state index is 0.204. The zero-order valence-electron chi connectivity index (χ0n) is 16.3. The molecular formula is C20H20N8O2. The van der Waals surface area contributed by atoms with Gasteiger partial charge in [-0.1, -0.05) is 30.3 Å². The van der Waals surface area contributed by atoms with Crippen LogP contribution < -0.4 is 10.1 Å². The molecule has 1 atom stereocenters. The molecule has 0 aliphatic rings. The van der Waals surface area contributed by atoms with E-state index in [1.54, 1.807) is 7.11 Å². The number of nitrogens with one attached hydrogen (secondary N) is 2. The van der Waals surface area contributed by atoms with E-state index in [2.05, 4.69) is 36.0 Å². The second-order valence-corrected chi connectivity index (χ2v) is 6.55. The smallest absolute Gasteiger partial charge is 0.245 e. The van der Waals surface area contributed by atoms with E-state index in [0.29, 0.717) is 18.1 Å². The summed E-state index contributed by atoms with van der Waals surface area (Å²) in [6.45, 7) is 0.204. The predicted molar refractivity (Wildman–Crippen MR) is 107 cm³/mol. The van der Waals surface area contributed by atoms with Gasteiger partial charge in [0, 0.05) is 12.0 Å². The normalized spacial score (nSPS) is 11.8. The number of methoxy groups -OCH3 is 1. The van der Waals surface area contributed by atoms with Crippen LogP contribution in [0.1, 0.15) is 17.4 Å². The first-order valence-corrected chi connectivity index (χ1v) is 9.33. The van der Waals surface area contributed by atoms with Crippen LogP contribution >= 0.6 is 0 Å². The third-order valence-electron chi connectivity index (χ3n) is 4.57. The molecule has 0 fully saturated rings. The van der Waals surface area contributed by atoms with Crippen molar-refractivity contribution in [1.29, 1.82) is 0 Å². The second kappa shape index (κ2) is 8.95. The van der Waals surface area contributed by atoms with Gasteiger partial charge in [-0.3, -0.25) is 9.89 Å². The van der Waals surface area contributed by atoms with Crippen LogP contribution in [0.5, 0.6) is 5.75 Å². The first-order valence-electron chi connectivity index (χ1n) is 9.33. The average Bonchev–Trinajstić information content (AvgIpc) is 3.49. The van der Waals surface area contributed by atoms with E-state index in [0.717, 1.165) is 16.9 Å². The molecule has 0 spiro atoms. The van der Waals surface area contributed by atoms with Gasteiger partial charge in [0.25, 0.3) is 0 Å². The molecule has 1 amide bonds. The van der Waals surface area contributed by atoms with E-state index in [1.807, 2.05) is 54.6 Å². The number of carbonyl (C=O) groups excluding carboxylic acids is 1. The first kappa shape index (κ1) is 19.2. The molecule has 0 aliphatic carbocycles. The number of hydrogen-bond acceptors (Lipinski definition) is 7. The number of tetrazole rings is 1. The van der Waals surface area contributed by atoms with Crippen molar-refractivity contribution in [2.75, 3.05) is 7.11 Å². The van der Waals surface area contributed by atoms with Gasteiger partial charge in [-0.25, -0.2) is 9.67 Å². The molecule has 0 radical (unpaired) electrons. The van der Waals surface area contributed by atoms with Gasteiger partial charge < -0.3 is 10.1 Å². The van der Waals surface area contributed by atoms with Crippen molar-refractivity contribution in [2.24, 2.45) is 0 Å². The third-order valence-corrected chi connectivity index (χ3v) is 4.57. The molecule has 2 heterocycles. The molecule has 2 N–H and O–H groups in total. The Bertz CT molecular complexity index is 1080. The fourth-order valence-electron chi connectivity index (χ4n) is 2.99. The van der Waals surface area contributed by atoms with Crippen LogP contribution in [0, 0.1) is 0 Å². The van der Waals surface area contributed by atoms with Crippen LogP contribution in [0.25, 0.3) is 11.4 Å². The second-order valence-electron chi connectivity index (χ2n) is 6.55. The summed E-state index contributed by atoms with van der Waals surface area (Å²) in [5, 5.41) is 21.2. The monoisotopic (exact) mass is 404 g/mol. The molecule has 152 valence electrons. The summed E-state index contributed by atoms with van der Waals surface area (Å²) >= 11 is 0. The van der Waals surface area contributed by atoms with Gasteiger partial charge in [-0.15, -0.1) is 5.10 Å². The van der Waals surface area contributed by atoms with Crippen LogP contribution in [0.15, 0.2) is 60.9 Å². The predicted octanol–water partition coefficient (Wildman–Crippen LogP) is 1.57. The highest BCUT2D eigenvalue weighted by atomic mass is 16.5. The highest BCUT2D eigenvalue weighted by Crippen LogP contribution is 2.19. The Kier molecular flexibility index (Phi) is 5.74. The van der Waals surface area contributed by atoms with Crippen molar-refractivity contribution < 1.29 is 9.53 Å². The molecule has 0 bridgehead atoms. The standard InChI is InChI=1S/C20H20N8O2/c1-30-16-9-7-15(8-10-16)19-23-18(24-25-19)12-21-20(29)17(28-13-22-26-27-28)11-14-5-3-2-4-6-14/h2-10,13,17H,11-12H2,1H3,(H,21,29)(H,23,24,25). The SMILES string of the molecule is COc1ccc(-c2n[nH]c(CNC(=O)C(Cc3ccccc3)n3cnnn3)n2)cc1. The number of aromatic amines is 1. The van der Waals surface area contributed by atoms with Crippen LogP contribution in [0.2, 0.25) is 0 Å². The number of amides is 1. The molecule has 0 saturated heterocycles. The summed E-state index contributed by atoms with van der Waals surface area (Å²) in [5.74, 6) is 1.63. The van der Waals surface area contributed by atoms with Crippen LogP contribution in [-0.2, 0) is 17.8 Å². The number of nitrogens with zero attached hydrogens (tertiary/aromatic N) is 6. The highest BCUT2D eigenvalue weighted by molar-refractivity contribution is 5.80. The lowest BCUT2D eigenvalue weighted by molar-refractivity contribution is -0.124. The maximum Gasteiger partial charge on any atom is 0.245 e. The van der Waals surface area contributed by atoms with Crippen LogP contribution in [0.4, 0.5) is 0 Å². The van der Waals surface area contributed by atoms with Crippen LogP contribution in [-0.4, -0.2) is 48.4 Å². The molecule has 2 aromatic heterocycles. The van der Waals surface area contributed by atoms with Gasteiger partial charge in [0.15, 0.2) is 5.82 Å². The van der Waals surface area contributed by atoms with E-state index >= 15 is 0 Å². The summed E-state index contributed by atoms with van der Waals surface area (Å²) < 4.78 is 6.61. The molecule has 4 rings (SSSR count). The first-order chi connectivity index (χ1) is 14.7. The van der Waals surface area contributed by atoms with Gasteiger partial charge in [0.05, 0.1) is 13.7 Å². The number of rotatable bonds is 8. The van der Waals surface area contributed by atoms with Crippen LogP contribution in [0.3, 0.4) is 0 Å². The van der Waals surface area contributed by atoms with Gasteiger partial charge in [0.2, 0.25) is 5.91 Å². The molecule has 10 heteroatoms. The molecule has 10 nitrogen and oxygen atoms in total. The number of carbonyl (C=O) groups is 1. The fourth-order valence-corrected chi connectivity index (χ4v) is 2.99. The van der Waals surface area contributed by atoms with Crippen molar-refractivity contribution in [1.82, 2.24) is 40.7 Å². The Morgan fingerprint density at radius 2 is 1.97 bits per heavy atom. The van der Waals surface area contributed by atoms with Crippen molar-refractivity contribution in [3.8, 4) is 17.1 Å². The summed E-state index contributed by atoms with van der Waals surface area (Å²) in [6, 6.07) is 16.6. The van der Waals surface area contributed by atoms with E-state index in [-0.39, 0.29) is 12.5 Å².